The van der Waals surface area contributed by atoms with Crippen LogP contribution in [0, 0.1) is 0 Å². The average molecular weight is 477 g/mol. The molecule has 4 heterocycles. The first-order chi connectivity index (χ1) is 15.6. The summed E-state index contributed by atoms with van der Waals surface area (Å²) >= 11 is 2.65. The summed E-state index contributed by atoms with van der Waals surface area (Å²) in [5.74, 6) is 0.0355. The SMILES string of the molecule is O=C(Cc1nn[nH]n1)Nc1nnc(CCCCc2nnc(NC(=O)Cc3nn[nH]n3)s2)s1. The third-order valence-electron chi connectivity index (χ3n) is 3.87. The van der Waals surface area contributed by atoms with Gasteiger partial charge >= 0.3 is 0 Å². The molecule has 0 aliphatic heterocycles. The number of carbonyl (C=O) groups excluding carboxylic acids is 2. The Labute approximate surface area is 187 Å². The monoisotopic (exact) mass is 476 g/mol. The first-order valence-corrected chi connectivity index (χ1v) is 11.0. The number of rotatable bonds is 11. The fraction of sp³-hybridized carbons (Fsp3) is 0.429. The number of aromatic nitrogens is 12. The highest BCUT2D eigenvalue weighted by Crippen LogP contribution is 2.20. The molecule has 0 saturated carbocycles. The van der Waals surface area contributed by atoms with Crippen LogP contribution in [0.2, 0.25) is 0 Å². The van der Waals surface area contributed by atoms with Crippen LogP contribution in [0.25, 0.3) is 0 Å². The van der Waals surface area contributed by atoms with Crippen LogP contribution in [0.4, 0.5) is 10.3 Å². The van der Waals surface area contributed by atoms with Gasteiger partial charge in [-0.2, -0.15) is 10.4 Å². The second kappa shape index (κ2) is 10.5. The molecule has 0 atom stereocenters. The molecule has 0 radical (unpaired) electrons. The minimum Gasteiger partial charge on any atom is -0.300 e. The lowest BCUT2D eigenvalue weighted by Crippen LogP contribution is -2.15. The highest BCUT2D eigenvalue weighted by molar-refractivity contribution is 7.15. The maximum Gasteiger partial charge on any atom is 0.234 e. The molecule has 0 aliphatic carbocycles. The molecular weight excluding hydrogens is 460 g/mol. The molecule has 0 fully saturated rings. The lowest BCUT2D eigenvalue weighted by Gasteiger charge is -1.97. The maximum atomic E-state index is 11.9. The third kappa shape index (κ3) is 6.35. The van der Waals surface area contributed by atoms with Crippen molar-refractivity contribution in [2.45, 2.75) is 38.5 Å². The van der Waals surface area contributed by atoms with E-state index in [-0.39, 0.29) is 24.7 Å². The smallest absolute Gasteiger partial charge is 0.234 e. The Kier molecular flexibility index (Phi) is 7.02. The van der Waals surface area contributed by atoms with Gasteiger partial charge in [0.1, 0.15) is 10.0 Å². The van der Waals surface area contributed by atoms with Crippen LogP contribution >= 0.6 is 22.7 Å². The summed E-state index contributed by atoms with van der Waals surface area (Å²) in [6.07, 6.45) is 3.20. The largest absolute Gasteiger partial charge is 0.300 e. The highest BCUT2D eigenvalue weighted by Gasteiger charge is 2.13. The van der Waals surface area contributed by atoms with Crippen molar-refractivity contribution in [1.82, 2.24) is 61.6 Å². The number of hydrogen-bond donors (Lipinski definition) is 4. The van der Waals surface area contributed by atoms with Gasteiger partial charge in [-0.05, 0) is 12.8 Å². The van der Waals surface area contributed by atoms with E-state index in [1.165, 1.54) is 22.7 Å². The van der Waals surface area contributed by atoms with Crippen molar-refractivity contribution >= 4 is 44.8 Å². The van der Waals surface area contributed by atoms with E-state index in [0.717, 1.165) is 35.7 Å². The molecule has 0 aromatic carbocycles. The van der Waals surface area contributed by atoms with Gasteiger partial charge in [0, 0.05) is 12.8 Å². The minimum absolute atomic E-state index is 0.00676. The van der Waals surface area contributed by atoms with Crippen molar-refractivity contribution in [3.63, 3.8) is 0 Å². The molecule has 4 aromatic heterocycles. The Balaban J connectivity index is 1.14. The normalized spacial score (nSPS) is 10.9. The number of tetrazole rings is 2. The number of aromatic amines is 2. The van der Waals surface area contributed by atoms with Crippen molar-refractivity contribution in [1.29, 1.82) is 0 Å². The number of carbonyl (C=O) groups is 2. The number of nitrogens with one attached hydrogen (secondary N) is 4. The first kappa shape index (κ1) is 21.4. The fourth-order valence-corrected chi connectivity index (χ4v) is 4.09. The molecule has 4 N–H and O–H groups in total. The zero-order chi connectivity index (χ0) is 22.2. The van der Waals surface area contributed by atoms with Gasteiger partial charge in [0.25, 0.3) is 0 Å². The van der Waals surface area contributed by atoms with Crippen molar-refractivity contribution in [3.05, 3.63) is 21.7 Å². The Hall–Kier alpha value is -3.80. The van der Waals surface area contributed by atoms with Gasteiger partial charge in [-0.3, -0.25) is 9.59 Å². The van der Waals surface area contributed by atoms with Gasteiger partial charge in [-0.25, -0.2) is 0 Å². The van der Waals surface area contributed by atoms with E-state index in [1.807, 2.05) is 0 Å². The Morgan fingerprint density at radius 2 is 1.16 bits per heavy atom. The molecule has 2 amide bonds. The van der Waals surface area contributed by atoms with E-state index in [2.05, 4.69) is 72.3 Å². The molecule has 0 bridgehead atoms. The second-order valence-corrected chi connectivity index (χ2v) is 8.44. The van der Waals surface area contributed by atoms with Crippen LogP contribution < -0.4 is 10.6 Å². The summed E-state index contributed by atoms with van der Waals surface area (Å²) in [5.41, 5.74) is 0. The van der Waals surface area contributed by atoms with Gasteiger partial charge in [-0.15, -0.1) is 40.8 Å². The zero-order valence-corrected chi connectivity index (χ0v) is 18.0. The van der Waals surface area contributed by atoms with E-state index in [9.17, 15) is 9.59 Å². The Bertz CT molecular complexity index is 1050. The quantitative estimate of drug-likeness (QED) is 0.198. The zero-order valence-electron chi connectivity index (χ0n) is 16.3. The number of hydrogen-bond acceptors (Lipinski definition) is 14. The number of nitrogens with zero attached hydrogens (tertiary/aromatic N) is 10. The minimum atomic E-state index is -0.287. The highest BCUT2D eigenvalue weighted by atomic mass is 32.1. The number of anilines is 2. The Morgan fingerprint density at radius 1 is 0.688 bits per heavy atom. The number of amides is 2. The second-order valence-electron chi connectivity index (χ2n) is 6.31. The molecule has 18 heteroatoms. The van der Waals surface area contributed by atoms with E-state index < -0.39 is 0 Å². The maximum absolute atomic E-state index is 11.9. The predicted octanol–water partition coefficient (Wildman–Crippen LogP) is -0.656. The van der Waals surface area contributed by atoms with Crippen LogP contribution in [0.1, 0.15) is 34.5 Å². The molecule has 0 aliphatic rings. The van der Waals surface area contributed by atoms with E-state index in [1.54, 1.807) is 0 Å². The number of H-pyrrole nitrogens is 2. The summed E-state index contributed by atoms with van der Waals surface area (Å²) in [4.78, 5) is 23.8. The van der Waals surface area contributed by atoms with Crippen LogP contribution in [-0.4, -0.2) is 73.5 Å². The van der Waals surface area contributed by atoms with Crippen molar-refractivity contribution in [2.24, 2.45) is 0 Å². The fourth-order valence-electron chi connectivity index (χ4n) is 2.49. The summed E-state index contributed by atoms with van der Waals surface area (Å²) in [6, 6.07) is 0. The van der Waals surface area contributed by atoms with E-state index in [4.69, 9.17) is 0 Å². The number of unbranched alkanes of at least 4 members (excludes halogenated alkanes) is 1. The van der Waals surface area contributed by atoms with Crippen molar-refractivity contribution < 1.29 is 9.59 Å². The van der Waals surface area contributed by atoms with Crippen molar-refractivity contribution in [3.8, 4) is 0 Å². The molecule has 16 nitrogen and oxygen atoms in total. The average Bonchev–Trinajstić information content (AvgIpc) is 3.55. The van der Waals surface area contributed by atoms with E-state index >= 15 is 0 Å². The topological polar surface area (TPSA) is 219 Å². The molecule has 4 rings (SSSR count). The van der Waals surface area contributed by atoms with Gasteiger partial charge < -0.3 is 10.6 Å². The predicted molar refractivity (Wildman–Crippen MR) is 109 cm³/mol. The molecule has 0 saturated heterocycles. The molecule has 0 spiro atoms. The number of aryl methyl sites for hydroxylation is 2. The molecule has 4 aromatic rings. The standard InChI is InChI=1S/C14H16N14O2S2/c29-9(5-7-17-25-26-18-7)15-13-23-21-11(31-13)3-1-2-4-12-22-24-14(32-12)16-10(30)6-8-19-27-28-20-8/h1-6H2,(H,15,23,29)(H,16,24,30)(H,17,18,25,26)(H,19,20,27,28). The molecule has 0 unspecified atom stereocenters. The van der Waals surface area contributed by atoms with Gasteiger partial charge in [0.15, 0.2) is 11.6 Å². The van der Waals surface area contributed by atoms with Crippen LogP contribution in [0.15, 0.2) is 0 Å². The third-order valence-corrected chi connectivity index (χ3v) is 5.67. The van der Waals surface area contributed by atoms with Crippen LogP contribution in [0.5, 0.6) is 0 Å². The summed E-state index contributed by atoms with van der Waals surface area (Å²) in [6.45, 7) is 0. The van der Waals surface area contributed by atoms with E-state index in [0.29, 0.717) is 21.9 Å². The molecular formula is C14H16N14O2S2. The van der Waals surface area contributed by atoms with Gasteiger partial charge in [-0.1, -0.05) is 33.1 Å². The molecule has 166 valence electrons. The van der Waals surface area contributed by atoms with Crippen LogP contribution in [0.3, 0.4) is 0 Å². The summed E-state index contributed by atoms with van der Waals surface area (Å²) < 4.78 is 0. The molecule has 32 heavy (non-hydrogen) atoms. The lowest BCUT2D eigenvalue weighted by atomic mass is 10.2. The van der Waals surface area contributed by atoms with Crippen molar-refractivity contribution in [2.75, 3.05) is 10.6 Å². The van der Waals surface area contributed by atoms with Gasteiger partial charge in [0.05, 0.1) is 12.8 Å². The summed E-state index contributed by atoms with van der Waals surface area (Å²) in [5, 5.41) is 50.3. The summed E-state index contributed by atoms with van der Waals surface area (Å²) in [7, 11) is 0. The first-order valence-electron chi connectivity index (χ1n) is 9.33. The van der Waals surface area contributed by atoms with Gasteiger partial charge in [0.2, 0.25) is 22.1 Å². The van der Waals surface area contributed by atoms with Crippen LogP contribution in [-0.2, 0) is 35.3 Å². The lowest BCUT2D eigenvalue weighted by molar-refractivity contribution is -0.116. The Morgan fingerprint density at radius 3 is 1.56 bits per heavy atom.